The Bertz CT molecular complexity index is 548. The van der Waals surface area contributed by atoms with E-state index in [0.717, 1.165) is 29.8 Å². The summed E-state index contributed by atoms with van der Waals surface area (Å²) in [6.45, 7) is 1.63. The molecule has 3 heterocycles. The number of hydrogen-bond donors (Lipinski definition) is 1. The number of aromatic nitrogens is 1. The first-order chi connectivity index (χ1) is 10.0. The highest BCUT2D eigenvalue weighted by molar-refractivity contribution is 9.10. The molecule has 2 aliphatic heterocycles. The molecular weight excluding hydrogens is 332 g/mol. The van der Waals surface area contributed by atoms with Gasteiger partial charge in [-0.3, -0.25) is 4.79 Å². The second kappa shape index (κ2) is 5.93. The minimum Gasteiger partial charge on any atom is -0.362 e. The van der Waals surface area contributed by atoms with Gasteiger partial charge in [-0.15, -0.1) is 0 Å². The van der Waals surface area contributed by atoms with Gasteiger partial charge in [0.1, 0.15) is 5.82 Å². The smallest absolute Gasteiger partial charge is 0.257 e. The minimum atomic E-state index is 0.0850. The fraction of sp³-hybridized carbons (Fsp3) is 0.600. The van der Waals surface area contributed by atoms with Gasteiger partial charge in [-0.2, -0.15) is 0 Å². The maximum Gasteiger partial charge on any atom is 0.257 e. The highest BCUT2D eigenvalue weighted by Crippen LogP contribution is 2.25. The summed E-state index contributed by atoms with van der Waals surface area (Å²) in [6.07, 6.45) is 5.19. The first-order valence-electron chi connectivity index (χ1n) is 7.43. The van der Waals surface area contributed by atoms with Crippen LogP contribution in [-0.2, 0) is 0 Å². The van der Waals surface area contributed by atoms with Gasteiger partial charge >= 0.3 is 0 Å². The first kappa shape index (κ1) is 14.8. The lowest BCUT2D eigenvalue weighted by atomic mass is 10.1. The predicted octanol–water partition coefficient (Wildman–Crippen LogP) is 1.88. The lowest BCUT2D eigenvalue weighted by molar-refractivity contribution is 0.0748. The van der Waals surface area contributed by atoms with Gasteiger partial charge < -0.3 is 15.1 Å². The third-order valence-electron chi connectivity index (χ3n) is 4.30. The van der Waals surface area contributed by atoms with Crippen LogP contribution < -0.4 is 10.2 Å². The van der Waals surface area contributed by atoms with Crippen molar-refractivity contribution in [3.63, 3.8) is 0 Å². The van der Waals surface area contributed by atoms with E-state index in [-0.39, 0.29) is 5.91 Å². The molecule has 1 amide bonds. The van der Waals surface area contributed by atoms with E-state index in [9.17, 15) is 4.79 Å². The standard InChI is InChI=1S/C15H21BrN4O/c1-19(2)14-13(7-10(16)8-17-14)15(21)20-6-5-11-3-4-12(9-20)18-11/h7-8,11-12,18H,3-6,9H2,1-2H3. The number of amides is 1. The predicted molar refractivity (Wildman–Crippen MR) is 86.7 cm³/mol. The summed E-state index contributed by atoms with van der Waals surface area (Å²) in [5, 5.41) is 3.61. The molecule has 0 spiro atoms. The van der Waals surface area contributed by atoms with Crippen molar-refractivity contribution in [1.29, 1.82) is 0 Å². The molecule has 2 unspecified atom stereocenters. The van der Waals surface area contributed by atoms with E-state index < -0.39 is 0 Å². The average molecular weight is 353 g/mol. The molecule has 1 aromatic heterocycles. The van der Waals surface area contributed by atoms with E-state index in [1.807, 2.05) is 30.0 Å². The van der Waals surface area contributed by atoms with Gasteiger partial charge in [-0.25, -0.2) is 4.98 Å². The maximum atomic E-state index is 12.9. The van der Waals surface area contributed by atoms with Crippen molar-refractivity contribution in [2.24, 2.45) is 0 Å². The Morgan fingerprint density at radius 2 is 2.14 bits per heavy atom. The van der Waals surface area contributed by atoms with Crippen molar-refractivity contribution in [1.82, 2.24) is 15.2 Å². The monoisotopic (exact) mass is 352 g/mol. The number of rotatable bonds is 2. The number of hydrogen-bond acceptors (Lipinski definition) is 4. The van der Waals surface area contributed by atoms with Crippen LogP contribution in [0.4, 0.5) is 5.82 Å². The molecule has 0 aliphatic carbocycles. The van der Waals surface area contributed by atoms with E-state index in [0.29, 0.717) is 17.6 Å². The number of pyridine rings is 1. The van der Waals surface area contributed by atoms with Gasteiger partial charge in [0, 0.05) is 49.9 Å². The molecule has 6 heteroatoms. The molecule has 114 valence electrons. The largest absolute Gasteiger partial charge is 0.362 e. The second-order valence-electron chi connectivity index (χ2n) is 6.10. The summed E-state index contributed by atoms with van der Waals surface area (Å²) in [4.78, 5) is 21.2. The molecule has 0 aromatic carbocycles. The Morgan fingerprint density at radius 1 is 1.38 bits per heavy atom. The maximum absolute atomic E-state index is 12.9. The van der Waals surface area contributed by atoms with Crippen LogP contribution in [0.2, 0.25) is 0 Å². The Morgan fingerprint density at radius 3 is 2.90 bits per heavy atom. The van der Waals surface area contributed by atoms with Crippen LogP contribution >= 0.6 is 15.9 Å². The molecule has 2 saturated heterocycles. The summed E-state index contributed by atoms with van der Waals surface area (Å²) in [5.74, 6) is 0.812. The summed E-state index contributed by atoms with van der Waals surface area (Å²) < 4.78 is 0.839. The number of likely N-dealkylation sites (tertiary alicyclic amines) is 1. The van der Waals surface area contributed by atoms with Crippen molar-refractivity contribution >= 4 is 27.7 Å². The van der Waals surface area contributed by atoms with E-state index in [2.05, 4.69) is 26.2 Å². The Balaban J connectivity index is 1.86. The lowest BCUT2D eigenvalue weighted by Gasteiger charge is -2.26. The minimum absolute atomic E-state index is 0.0850. The van der Waals surface area contributed by atoms with Crippen molar-refractivity contribution < 1.29 is 4.79 Å². The number of nitrogens with one attached hydrogen (secondary N) is 1. The Kier molecular flexibility index (Phi) is 4.17. The van der Waals surface area contributed by atoms with Crippen LogP contribution in [0.15, 0.2) is 16.7 Å². The van der Waals surface area contributed by atoms with Gasteiger partial charge in [-0.05, 0) is 41.3 Å². The zero-order valence-electron chi connectivity index (χ0n) is 12.5. The highest BCUT2D eigenvalue weighted by atomic mass is 79.9. The van der Waals surface area contributed by atoms with E-state index in [1.165, 1.54) is 12.8 Å². The van der Waals surface area contributed by atoms with Crippen molar-refractivity contribution in [3.05, 3.63) is 22.3 Å². The van der Waals surface area contributed by atoms with Gasteiger partial charge in [0.15, 0.2) is 0 Å². The number of anilines is 1. The number of carbonyl (C=O) groups is 1. The van der Waals surface area contributed by atoms with Gasteiger partial charge in [0.25, 0.3) is 5.91 Å². The van der Waals surface area contributed by atoms with E-state index in [4.69, 9.17) is 0 Å². The second-order valence-corrected chi connectivity index (χ2v) is 7.01. The van der Waals surface area contributed by atoms with Crippen LogP contribution in [-0.4, -0.2) is 55.1 Å². The molecule has 0 radical (unpaired) electrons. The molecule has 1 N–H and O–H groups in total. The zero-order chi connectivity index (χ0) is 15.0. The quantitative estimate of drug-likeness (QED) is 0.882. The Labute approximate surface area is 133 Å². The number of fused-ring (bicyclic) bond motifs is 2. The van der Waals surface area contributed by atoms with Crippen molar-refractivity contribution in [2.75, 3.05) is 32.1 Å². The van der Waals surface area contributed by atoms with Gasteiger partial charge in [0.2, 0.25) is 0 Å². The Hall–Kier alpha value is -1.14. The number of carbonyl (C=O) groups excluding carboxylic acids is 1. The fourth-order valence-corrected chi connectivity index (χ4v) is 3.57. The third kappa shape index (κ3) is 3.06. The van der Waals surface area contributed by atoms with Crippen molar-refractivity contribution in [3.8, 4) is 0 Å². The molecule has 2 bridgehead atoms. The number of nitrogens with zero attached hydrogens (tertiary/aromatic N) is 3. The summed E-state index contributed by atoms with van der Waals surface area (Å²) >= 11 is 3.42. The average Bonchev–Trinajstić information content (AvgIpc) is 2.77. The van der Waals surface area contributed by atoms with E-state index in [1.54, 1.807) is 6.20 Å². The normalized spacial score (nSPS) is 24.8. The molecule has 2 atom stereocenters. The van der Waals surface area contributed by atoms with Crippen LogP contribution in [0.3, 0.4) is 0 Å². The van der Waals surface area contributed by atoms with E-state index >= 15 is 0 Å². The first-order valence-corrected chi connectivity index (χ1v) is 8.22. The molecule has 21 heavy (non-hydrogen) atoms. The van der Waals surface area contributed by atoms with Gasteiger partial charge in [-0.1, -0.05) is 0 Å². The van der Waals surface area contributed by atoms with Crippen LogP contribution in [0.25, 0.3) is 0 Å². The summed E-state index contributed by atoms with van der Waals surface area (Å²) in [6, 6.07) is 2.91. The fourth-order valence-electron chi connectivity index (χ4n) is 3.24. The topological polar surface area (TPSA) is 48.5 Å². The summed E-state index contributed by atoms with van der Waals surface area (Å²) in [7, 11) is 3.83. The SMILES string of the molecule is CN(C)c1ncc(Br)cc1C(=O)N1CCC2CCC(C1)N2. The lowest BCUT2D eigenvalue weighted by Crippen LogP contribution is -2.39. The highest BCUT2D eigenvalue weighted by Gasteiger charge is 2.32. The van der Waals surface area contributed by atoms with Gasteiger partial charge in [0.05, 0.1) is 5.56 Å². The molecule has 2 fully saturated rings. The van der Waals surface area contributed by atoms with Crippen molar-refractivity contribution in [2.45, 2.75) is 31.3 Å². The molecule has 5 nitrogen and oxygen atoms in total. The van der Waals surface area contributed by atoms with Crippen LogP contribution in [0.5, 0.6) is 0 Å². The molecule has 3 rings (SSSR count). The van der Waals surface area contributed by atoms with Crippen LogP contribution in [0, 0.1) is 0 Å². The zero-order valence-corrected chi connectivity index (χ0v) is 14.1. The third-order valence-corrected chi connectivity index (χ3v) is 4.73. The molecular formula is C15H21BrN4O. The van der Waals surface area contributed by atoms with Crippen LogP contribution in [0.1, 0.15) is 29.6 Å². The number of halogens is 1. The molecule has 2 aliphatic rings. The molecule has 0 saturated carbocycles. The molecule has 1 aromatic rings. The summed E-state index contributed by atoms with van der Waals surface area (Å²) in [5.41, 5.74) is 0.673.